The lowest BCUT2D eigenvalue weighted by atomic mass is 10.0. The number of pyridine rings is 1. The van der Waals surface area contributed by atoms with Crippen molar-refractivity contribution >= 4 is 17.1 Å². The highest BCUT2D eigenvalue weighted by Crippen LogP contribution is 2.32. The van der Waals surface area contributed by atoms with E-state index in [1.165, 1.54) is 21.8 Å². The van der Waals surface area contributed by atoms with Crippen LogP contribution >= 0.6 is 0 Å². The summed E-state index contributed by atoms with van der Waals surface area (Å²) in [5, 5.41) is 7.79. The van der Waals surface area contributed by atoms with Gasteiger partial charge in [-0.25, -0.2) is 9.67 Å². The van der Waals surface area contributed by atoms with Gasteiger partial charge in [0.25, 0.3) is 5.91 Å². The fourth-order valence-corrected chi connectivity index (χ4v) is 2.96. The van der Waals surface area contributed by atoms with Crippen molar-refractivity contribution in [3.8, 4) is 0 Å². The SMILES string of the molecule is CCN(C(=O)c1cnc2c(c1)nnn2C)C(C)c1cccc(C(F)(F)F)c1. The van der Waals surface area contributed by atoms with Crippen LogP contribution in [-0.2, 0) is 13.2 Å². The van der Waals surface area contributed by atoms with Crippen LogP contribution in [-0.4, -0.2) is 37.3 Å². The summed E-state index contributed by atoms with van der Waals surface area (Å²) in [5.74, 6) is -0.331. The molecule has 27 heavy (non-hydrogen) atoms. The summed E-state index contributed by atoms with van der Waals surface area (Å²) in [5.41, 5.74) is 1.00. The number of alkyl halides is 3. The first-order valence-electron chi connectivity index (χ1n) is 8.36. The van der Waals surface area contributed by atoms with Gasteiger partial charge in [-0.2, -0.15) is 13.2 Å². The number of amides is 1. The second-order valence-electron chi connectivity index (χ2n) is 6.17. The summed E-state index contributed by atoms with van der Waals surface area (Å²) in [7, 11) is 1.69. The van der Waals surface area contributed by atoms with E-state index < -0.39 is 17.8 Å². The topological polar surface area (TPSA) is 63.9 Å². The van der Waals surface area contributed by atoms with E-state index in [1.54, 1.807) is 33.0 Å². The summed E-state index contributed by atoms with van der Waals surface area (Å²) in [4.78, 5) is 18.6. The molecule has 0 saturated carbocycles. The molecular formula is C18H18F3N5O. The average molecular weight is 377 g/mol. The van der Waals surface area contributed by atoms with Gasteiger partial charge in [-0.3, -0.25) is 4.79 Å². The van der Waals surface area contributed by atoms with Crippen molar-refractivity contribution in [2.75, 3.05) is 6.54 Å². The number of nitrogens with zero attached hydrogens (tertiary/aromatic N) is 5. The summed E-state index contributed by atoms with van der Waals surface area (Å²) in [6.45, 7) is 3.80. The molecule has 1 atom stereocenters. The Labute approximate surface area is 153 Å². The van der Waals surface area contributed by atoms with Crippen LogP contribution in [0.25, 0.3) is 11.2 Å². The van der Waals surface area contributed by atoms with Crippen LogP contribution < -0.4 is 0 Å². The summed E-state index contributed by atoms with van der Waals surface area (Å²) in [6, 6.07) is 6.06. The Hall–Kier alpha value is -2.97. The molecule has 0 N–H and O–H groups in total. The van der Waals surface area contributed by atoms with Crippen molar-refractivity contribution in [1.29, 1.82) is 0 Å². The number of benzene rings is 1. The van der Waals surface area contributed by atoms with Crippen LogP contribution in [0.2, 0.25) is 0 Å². The second kappa shape index (κ2) is 6.98. The molecule has 3 aromatic rings. The van der Waals surface area contributed by atoms with Gasteiger partial charge in [0.15, 0.2) is 5.65 Å². The smallest absolute Gasteiger partial charge is 0.332 e. The normalized spacial score (nSPS) is 13.0. The zero-order chi connectivity index (χ0) is 19.8. The molecule has 0 spiro atoms. The molecule has 0 fully saturated rings. The van der Waals surface area contributed by atoms with E-state index in [1.807, 2.05) is 0 Å². The van der Waals surface area contributed by atoms with E-state index >= 15 is 0 Å². The van der Waals surface area contributed by atoms with Crippen LogP contribution in [0.5, 0.6) is 0 Å². The number of aromatic nitrogens is 4. The quantitative estimate of drug-likeness (QED) is 0.697. The lowest BCUT2D eigenvalue weighted by molar-refractivity contribution is -0.137. The van der Waals surface area contributed by atoms with Gasteiger partial charge in [-0.15, -0.1) is 5.10 Å². The highest BCUT2D eigenvalue weighted by Gasteiger charge is 2.31. The van der Waals surface area contributed by atoms with Gasteiger partial charge in [-0.05, 0) is 37.6 Å². The molecule has 0 aliphatic heterocycles. The molecule has 2 aromatic heterocycles. The van der Waals surface area contributed by atoms with Crippen LogP contribution in [0.1, 0.15) is 41.4 Å². The fourth-order valence-electron chi connectivity index (χ4n) is 2.96. The molecule has 0 radical (unpaired) electrons. The predicted octanol–water partition coefficient (Wildman–Crippen LogP) is 3.61. The Morgan fingerprint density at radius 1 is 1.30 bits per heavy atom. The second-order valence-corrected chi connectivity index (χ2v) is 6.17. The van der Waals surface area contributed by atoms with Gasteiger partial charge in [0, 0.05) is 19.8 Å². The Morgan fingerprint density at radius 2 is 2.04 bits per heavy atom. The van der Waals surface area contributed by atoms with Crippen LogP contribution in [0.3, 0.4) is 0 Å². The summed E-state index contributed by atoms with van der Waals surface area (Å²) in [6.07, 6.45) is -3.01. The van der Waals surface area contributed by atoms with E-state index in [-0.39, 0.29) is 5.91 Å². The third-order valence-corrected chi connectivity index (χ3v) is 4.45. The molecule has 3 rings (SSSR count). The highest BCUT2D eigenvalue weighted by molar-refractivity contribution is 5.96. The molecule has 1 amide bonds. The van der Waals surface area contributed by atoms with Crippen molar-refractivity contribution < 1.29 is 18.0 Å². The van der Waals surface area contributed by atoms with Crippen LogP contribution in [0, 0.1) is 0 Å². The largest absolute Gasteiger partial charge is 0.416 e. The van der Waals surface area contributed by atoms with Gasteiger partial charge in [0.2, 0.25) is 0 Å². The lowest BCUT2D eigenvalue weighted by Gasteiger charge is -2.29. The van der Waals surface area contributed by atoms with Crippen LogP contribution in [0.4, 0.5) is 13.2 Å². The first-order valence-corrected chi connectivity index (χ1v) is 8.36. The number of rotatable bonds is 4. The maximum absolute atomic E-state index is 13.0. The van der Waals surface area contributed by atoms with Crippen molar-refractivity contribution in [3.63, 3.8) is 0 Å². The van der Waals surface area contributed by atoms with E-state index in [0.29, 0.717) is 28.8 Å². The van der Waals surface area contributed by atoms with Crippen molar-refractivity contribution in [3.05, 3.63) is 53.2 Å². The summed E-state index contributed by atoms with van der Waals surface area (Å²) < 4.78 is 40.4. The van der Waals surface area contributed by atoms with E-state index in [9.17, 15) is 18.0 Å². The average Bonchev–Trinajstić information content (AvgIpc) is 3.02. The molecule has 0 saturated heterocycles. The molecule has 9 heteroatoms. The minimum Gasteiger partial charge on any atom is -0.332 e. The number of halogens is 3. The third-order valence-electron chi connectivity index (χ3n) is 4.45. The number of carbonyl (C=O) groups excluding carboxylic acids is 1. The van der Waals surface area contributed by atoms with Crippen LogP contribution in [0.15, 0.2) is 36.5 Å². The van der Waals surface area contributed by atoms with Gasteiger partial charge in [0.1, 0.15) is 5.52 Å². The maximum atomic E-state index is 13.0. The molecule has 1 aromatic carbocycles. The Balaban J connectivity index is 1.91. The molecule has 1 unspecified atom stereocenters. The minimum atomic E-state index is -4.43. The molecule has 0 aliphatic rings. The number of aryl methyl sites for hydroxylation is 1. The first-order chi connectivity index (χ1) is 12.7. The minimum absolute atomic E-state index is 0.309. The number of fused-ring (bicyclic) bond motifs is 1. The Morgan fingerprint density at radius 3 is 2.70 bits per heavy atom. The molecular weight excluding hydrogens is 359 g/mol. The van der Waals surface area contributed by atoms with E-state index in [0.717, 1.165) is 12.1 Å². The molecule has 0 bridgehead atoms. The van der Waals surface area contributed by atoms with Crippen molar-refractivity contribution in [2.45, 2.75) is 26.1 Å². The van der Waals surface area contributed by atoms with E-state index in [4.69, 9.17) is 0 Å². The maximum Gasteiger partial charge on any atom is 0.416 e. The predicted molar refractivity (Wildman–Crippen MR) is 92.9 cm³/mol. The van der Waals surface area contributed by atoms with Crippen molar-refractivity contribution in [2.24, 2.45) is 7.05 Å². The lowest BCUT2D eigenvalue weighted by Crippen LogP contribution is -2.33. The first kappa shape index (κ1) is 18.8. The molecule has 0 aliphatic carbocycles. The monoisotopic (exact) mass is 377 g/mol. The van der Waals surface area contributed by atoms with Gasteiger partial charge in [0.05, 0.1) is 17.2 Å². The Kier molecular flexibility index (Phi) is 4.86. The van der Waals surface area contributed by atoms with Gasteiger partial charge >= 0.3 is 6.18 Å². The molecule has 142 valence electrons. The van der Waals surface area contributed by atoms with Gasteiger partial charge in [-0.1, -0.05) is 17.3 Å². The molecule has 6 nitrogen and oxygen atoms in total. The molecule has 2 heterocycles. The number of hydrogen-bond donors (Lipinski definition) is 0. The third kappa shape index (κ3) is 3.62. The zero-order valence-electron chi connectivity index (χ0n) is 15.0. The summed E-state index contributed by atoms with van der Waals surface area (Å²) >= 11 is 0. The number of hydrogen-bond acceptors (Lipinski definition) is 4. The zero-order valence-corrected chi connectivity index (χ0v) is 15.0. The highest BCUT2D eigenvalue weighted by atomic mass is 19.4. The standard InChI is InChI=1S/C18H18F3N5O/c1-4-26(11(2)12-6-5-7-14(8-12)18(19,20)21)17(27)13-9-15-16(22-10-13)25(3)24-23-15/h5-11H,4H2,1-3H3. The van der Waals surface area contributed by atoms with Gasteiger partial charge < -0.3 is 4.90 Å². The van der Waals surface area contributed by atoms with Crippen molar-refractivity contribution in [1.82, 2.24) is 24.9 Å². The van der Waals surface area contributed by atoms with E-state index in [2.05, 4.69) is 15.3 Å². The Bertz CT molecular complexity index is 983. The fraction of sp³-hybridized carbons (Fsp3) is 0.333. The number of carbonyl (C=O) groups is 1.